The predicted octanol–water partition coefficient (Wildman–Crippen LogP) is 1.88. The number of amides is 1. The van der Waals surface area contributed by atoms with E-state index in [0.717, 1.165) is 31.8 Å². The zero-order valence-electron chi connectivity index (χ0n) is 11.8. The number of likely N-dealkylation sites (N-methyl/N-ethyl adjacent to an activating group) is 1. The van der Waals surface area contributed by atoms with Crippen LogP contribution >= 0.6 is 11.6 Å². The van der Waals surface area contributed by atoms with E-state index in [9.17, 15) is 4.79 Å². The molecule has 1 atom stereocenters. The van der Waals surface area contributed by atoms with Crippen molar-refractivity contribution in [2.24, 2.45) is 0 Å². The van der Waals surface area contributed by atoms with Crippen LogP contribution in [-0.2, 0) is 10.6 Å². The molecular weight excluding hydrogens is 276 g/mol. The molecular formula is C15H21ClN2O2. The second kappa shape index (κ2) is 7.62. The Morgan fingerprint density at radius 1 is 1.45 bits per heavy atom. The van der Waals surface area contributed by atoms with Crippen molar-refractivity contribution in [3.05, 3.63) is 35.4 Å². The molecule has 1 N–H and O–H groups in total. The number of carbonyl (C=O) groups excluding carboxylic acids is 1. The van der Waals surface area contributed by atoms with Crippen molar-refractivity contribution in [2.45, 2.75) is 18.9 Å². The number of benzene rings is 1. The maximum absolute atomic E-state index is 12.0. The number of morpholine rings is 1. The molecule has 1 fully saturated rings. The molecule has 1 aliphatic rings. The first-order chi connectivity index (χ1) is 9.72. The molecule has 1 aliphatic heterocycles. The van der Waals surface area contributed by atoms with Crippen molar-refractivity contribution >= 4 is 17.5 Å². The maximum atomic E-state index is 12.0. The monoisotopic (exact) mass is 296 g/mol. The van der Waals surface area contributed by atoms with Crippen LogP contribution in [0.25, 0.3) is 0 Å². The fourth-order valence-corrected chi connectivity index (χ4v) is 2.42. The molecule has 1 aromatic rings. The van der Waals surface area contributed by atoms with Gasteiger partial charge in [-0.05, 0) is 24.2 Å². The van der Waals surface area contributed by atoms with Crippen molar-refractivity contribution in [1.29, 1.82) is 0 Å². The van der Waals surface area contributed by atoms with E-state index in [1.165, 1.54) is 0 Å². The lowest BCUT2D eigenvalue weighted by Crippen LogP contribution is -2.47. The van der Waals surface area contributed by atoms with E-state index in [-0.39, 0.29) is 12.0 Å². The second-order valence-electron chi connectivity index (χ2n) is 4.93. The summed E-state index contributed by atoms with van der Waals surface area (Å²) >= 11 is 5.73. The SMILES string of the molecule is CCN1CCOC(CNC(=O)c2ccc(CCl)cc2)C1. The van der Waals surface area contributed by atoms with Gasteiger partial charge in [-0.15, -0.1) is 11.6 Å². The smallest absolute Gasteiger partial charge is 0.251 e. The van der Waals surface area contributed by atoms with Crippen LogP contribution in [0.4, 0.5) is 0 Å². The summed E-state index contributed by atoms with van der Waals surface area (Å²) in [5, 5.41) is 2.93. The summed E-state index contributed by atoms with van der Waals surface area (Å²) in [5.41, 5.74) is 1.67. The van der Waals surface area contributed by atoms with Gasteiger partial charge in [0.05, 0.1) is 12.7 Å². The minimum Gasteiger partial charge on any atom is -0.374 e. The molecule has 1 saturated heterocycles. The van der Waals surface area contributed by atoms with Crippen LogP contribution in [0.3, 0.4) is 0 Å². The number of alkyl halides is 1. The van der Waals surface area contributed by atoms with Crippen molar-refractivity contribution in [3.63, 3.8) is 0 Å². The van der Waals surface area contributed by atoms with Gasteiger partial charge in [-0.3, -0.25) is 9.69 Å². The number of hydrogen-bond donors (Lipinski definition) is 1. The highest BCUT2D eigenvalue weighted by molar-refractivity contribution is 6.17. The molecule has 20 heavy (non-hydrogen) atoms. The third-order valence-corrected chi connectivity index (χ3v) is 3.84. The van der Waals surface area contributed by atoms with Crippen LogP contribution < -0.4 is 5.32 Å². The Morgan fingerprint density at radius 3 is 2.85 bits per heavy atom. The van der Waals surface area contributed by atoms with E-state index in [0.29, 0.717) is 18.0 Å². The van der Waals surface area contributed by atoms with Gasteiger partial charge in [0.15, 0.2) is 0 Å². The Labute approximate surface area is 125 Å². The fourth-order valence-electron chi connectivity index (χ4n) is 2.24. The van der Waals surface area contributed by atoms with Crippen LogP contribution in [-0.4, -0.2) is 49.7 Å². The lowest BCUT2D eigenvalue weighted by Gasteiger charge is -2.32. The third-order valence-electron chi connectivity index (χ3n) is 3.53. The molecule has 0 aliphatic carbocycles. The number of hydrogen-bond acceptors (Lipinski definition) is 3. The number of halogens is 1. The number of nitrogens with one attached hydrogen (secondary N) is 1. The van der Waals surface area contributed by atoms with E-state index >= 15 is 0 Å². The molecule has 0 aromatic heterocycles. The van der Waals surface area contributed by atoms with Crippen LogP contribution in [0.15, 0.2) is 24.3 Å². The summed E-state index contributed by atoms with van der Waals surface area (Å²) in [4.78, 5) is 14.4. The molecule has 5 heteroatoms. The summed E-state index contributed by atoms with van der Waals surface area (Å²) in [7, 11) is 0. The standard InChI is InChI=1S/C15H21ClN2O2/c1-2-18-7-8-20-14(11-18)10-17-15(19)13-5-3-12(9-16)4-6-13/h3-6,14H,2,7-11H2,1H3,(H,17,19). The molecule has 1 unspecified atom stereocenters. The first kappa shape index (κ1) is 15.3. The molecule has 1 aromatic carbocycles. The molecule has 1 heterocycles. The number of nitrogens with zero attached hydrogens (tertiary/aromatic N) is 1. The molecule has 110 valence electrons. The summed E-state index contributed by atoms with van der Waals surface area (Å²) in [6.07, 6.45) is 0.0785. The van der Waals surface area contributed by atoms with Crippen molar-refractivity contribution in [2.75, 3.05) is 32.8 Å². The summed E-state index contributed by atoms with van der Waals surface area (Å²) in [5.74, 6) is 0.397. The Morgan fingerprint density at radius 2 is 2.20 bits per heavy atom. The summed E-state index contributed by atoms with van der Waals surface area (Å²) < 4.78 is 5.66. The van der Waals surface area contributed by atoms with Crippen LogP contribution in [0.2, 0.25) is 0 Å². The molecule has 0 spiro atoms. The lowest BCUT2D eigenvalue weighted by molar-refractivity contribution is -0.0246. The molecule has 2 rings (SSSR count). The van der Waals surface area contributed by atoms with Gasteiger partial charge in [0.25, 0.3) is 5.91 Å². The third kappa shape index (κ3) is 4.20. The van der Waals surface area contributed by atoms with Crippen molar-refractivity contribution in [1.82, 2.24) is 10.2 Å². The van der Waals surface area contributed by atoms with E-state index in [2.05, 4.69) is 17.1 Å². The summed E-state index contributed by atoms with van der Waals surface area (Å²) in [6, 6.07) is 7.34. The fraction of sp³-hybridized carbons (Fsp3) is 0.533. The Kier molecular flexibility index (Phi) is 5.83. The zero-order valence-corrected chi connectivity index (χ0v) is 12.5. The predicted molar refractivity (Wildman–Crippen MR) is 80.2 cm³/mol. The van der Waals surface area contributed by atoms with Gasteiger partial charge in [0.2, 0.25) is 0 Å². The van der Waals surface area contributed by atoms with Gasteiger partial charge < -0.3 is 10.1 Å². The molecule has 0 saturated carbocycles. The Balaban J connectivity index is 1.82. The largest absolute Gasteiger partial charge is 0.374 e. The van der Waals surface area contributed by atoms with E-state index in [4.69, 9.17) is 16.3 Å². The normalized spacial score (nSPS) is 19.8. The average molecular weight is 297 g/mol. The minimum absolute atomic E-state index is 0.0663. The first-order valence-electron chi connectivity index (χ1n) is 7.00. The van der Waals surface area contributed by atoms with Gasteiger partial charge in [0.1, 0.15) is 0 Å². The van der Waals surface area contributed by atoms with Crippen LogP contribution in [0.1, 0.15) is 22.8 Å². The highest BCUT2D eigenvalue weighted by atomic mass is 35.5. The second-order valence-corrected chi connectivity index (χ2v) is 5.19. The molecule has 0 bridgehead atoms. The van der Waals surface area contributed by atoms with Gasteiger partial charge in [-0.25, -0.2) is 0 Å². The number of rotatable bonds is 5. The van der Waals surface area contributed by atoms with Crippen molar-refractivity contribution in [3.8, 4) is 0 Å². The van der Waals surface area contributed by atoms with E-state index < -0.39 is 0 Å². The van der Waals surface area contributed by atoms with Gasteiger partial charge in [-0.2, -0.15) is 0 Å². The first-order valence-corrected chi connectivity index (χ1v) is 7.53. The average Bonchev–Trinajstić information content (AvgIpc) is 2.53. The summed E-state index contributed by atoms with van der Waals surface area (Å²) in [6.45, 7) is 6.29. The highest BCUT2D eigenvalue weighted by Gasteiger charge is 2.19. The van der Waals surface area contributed by atoms with Crippen LogP contribution in [0, 0.1) is 0 Å². The Hall–Kier alpha value is -1.10. The van der Waals surface area contributed by atoms with Gasteiger partial charge >= 0.3 is 0 Å². The lowest BCUT2D eigenvalue weighted by atomic mass is 10.1. The molecule has 1 amide bonds. The van der Waals surface area contributed by atoms with Crippen LogP contribution in [0.5, 0.6) is 0 Å². The quantitative estimate of drug-likeness (QED) is 0.844. The zero-order chi connectivity index (χ0) is 14.4. The maximum Gasteiger partial charge on any atom is 0.251 e. The molecule has 4 nitrogen and oxygen atoms in total. The van der Waals surface area contributed by atoms with E-state index in [1.54, 1.807) is 12.1 Å². The number of ether oxygens (including phenoxy) is 1. The number of carbonyl (C=O) groups is 1. The topological polar surface area (TPSA) is 41.6 Å². The van der Waals surface area contributed by atoms with Gasteiger partial charge in [0, 0.05) is 31.1 Å². The van der Waals surface area contributed by atoms with Crippen molar-refractivity contribution < 1.29 is 9.53 Å². The molecule has 0 radical (unpaired) electrons. The highest BCUT2D eigenvalue weighted by Crippen LogP contribution is 2.08. The van der Waals surface area contributed by atoms with Gasteiger partial charge in [-0.1, -0.05) is 19.1 Å². The Bertz CT molecular complexity index is 436. The minimum atomic E-state index is -0.0663. The van der Waals surface area contributed by atoms with E-state index in [1.807, 2.05) is 12.1 Å².